The molecule has 1 aromatic carbocycles. The number of thioether (sulfide) groups is 1. The van der Waals surface area contributed by atoms with E-state index in [0.29, 0.717) is 50.0 Å². The Morgan fingerprint density at radius 3 is 2.53 bits per heavy atom. The van der Waals surface area contributed by atoms with Gasteiger partial charge in [-0.15, -0.1) is 11.8 Å². The first-order valence-electron chi connectivity index (χ1n) is 14.8. The highest BCUT2D eigenvalue weighted by atomic mass is 127. The van der Waals surface area contributed by atoms with Crippen LogP contribution in [-0.2, 0) is 24.0 Å². The maximum atomic E-state index is 12.8. The molecule has 0 saturated carbocycles. The average molecular weight is 760 g/mol. The van der Waals surface area contributed by atoms with E-state index in [1.165, 1.54) is 16.7 Å². The van der Waals surface area contributed by atoms with Crippen molar-refractivity contribution in [2.75, 3.05) is 25.4 Å². The number of nitrogens with zero attached hydrogens (tertiary/aromatic N) is 1. The molecule has 1 aromatic rings. The van der Waals surface area contributed by atoms with Crippen molar-refractivity contribution >= 4 is 75.7 Å². The molecule has 0 aliphatic carbocycles. The third-order valence-corrected chi connectivity index (χ3v) is 8.89. The van der Waals surface area contributed by atoms with Crippen molar-refractivity contribution < 1.29 is 33.9 Å². The predicted molar refractivity (Wildman–Crippen MR) is 178 cm³/mol. The Kier molecular flexibility index (Phi) is 17.0. The van der Waals surface area contributed by atoms with E-state index in [0.717, 1.165) is 16.4 Å². The SMILES string of the molecule is N=C(CCCSC1CC(=O)N(CCCC[C@H](NC(=O)CNC(=O)c2cccc(I)c2)C(=O)O)C1=O)NC(=O)[C@@H](N)CCCCN. The molecule has 1 aliphatic rings. The molecule has 248 valence electrons. The zero-order chi connectivity index (χ0) is 33.4. The fourth-order valence-electron chi connectivity index (χ4n) is 4.45. The molecule has 0 bridgehead atoms. The molecular weight excluding hydrogens is 717 g/mol. The Labute approximate surface area is 280 Å². The second-order valence-corrected chi connectivity index (χ2v) is 13.1. The van der Waals surface area contributed by atoms with Gasteiger partial charge in [-0.05, 0) is 91.6 Å². The van der Waals surface area contributed by atoms with Gasteiger partial charge in [0.15, 0.2) is 0 Å². The van der Waals surface area contributed by atoms with Gasteiger partial charge in [0, 0.05) is 28.5 Å². The van der Waals surface area contributed by atoms with Crippen LogP contribution in [0.5, 0.6) is 0 Å². The summed E-state index contributed by atoms with van der Waals surface area (Å²) in [4.78, 5) is 74.6. The van der Waals surface area contributed by atoms with Crippen LogP contribution in [-0.4, -0.2) is 94.1 Å². The third-order valence-electron chi connectivity index (χ3n) is 6.93. The summed E-state index contributed by atoms with van der Waals surface area (Å²) in [6.45, 7) is 0.287. The lowest BCUT2D eigenvalue weighted by Gasteiger charge is -2.17. The van der Waals surface area contributed by atoms with Gasteiger partial charge >= 0.3 is 5.97 Å². The summed E-state index contributed by atoms with van der Waals surface area (Å²) in [5.74, 6) is -2.77. The fourth-order valence-corrected chi connectivity index (χ4v) is 6.12. The Morgan fingerprint density at radius 2 is 1.84 bits per heavy atom. The molecule has 1 unspecified atom stereocenters. The van der Waals surface area contributed by atoms with E-state index >= 15 is 0 Å². The van der Waals surface area contributed by atoms with Gasteiger partial charge in [-0.1, -0.05) is 12.5 Å². The smallest absolute Gasteiger partial charge is 0.326 e. The lowest BCUT2D eigenvalue weighted by Crippen LogP contribution is -2.45. The number of benzene rings is 1. The van der Waals surface area contributed by atoms with E-state index in [1.54, 1.807) is 18.2 Å². The first-order valence-corrected chi connectivity index (χ1v) is 16.9. The Balaban J connectivity index is 1.66. The average Bonchev–Trinajstić information content (AvgIpc) is 3.26. The number of halogens is 1. The monoisotopic (exact) mass is 759 g/mol. The summed E-state index contributed by atoms with van der Waals surface area (Å²) in [5, 5.41) is 24.3. The molecule has 0 spiro atoms. The first-order chi connectivity index (χ1) is 21.4. The number of amidine groups is 1. The third kappa shape index (κ3) is 13.8. The van der Waals surface area contributed by atoms with Crippen LogP contribution in [0.3, 0.4) is 0 Å². The highest BCUT2D eigenvalue weighted by molar-refractivity contribution is 14.1. The minimum Gasteiger partial charge on any atom is -0.480 e. The zero-order valence-corrected chi connectivity index (χ0v) is 28.0. The van der Waals surface area contributed by atoms with Crippen LogP contribution in [0, 0.1) is 8.98 Å². The number of carboxylic acid groups (broad SMARTS) is 1. The molecule has 45 heavy (non-hydrogen) atoms. The number of hydrogen-bond acceptors (Lipinski definition) is 10. The van der Waals surface area contributed by atoms with Gasteiger partial charge in [-0.25, -0.2) is 4.79 Å². The van der Waals surface area contributed by atoms with Crippen molar-refractivity contribution in [2.45, 2.75) is 75.1 Å². The molecule has 1 heterocycles. The number of carboxylic acids is 1. The maximum Gasteiger partial charge on any atom is 0.326 e. The molecule has 1 aliphatic heterocycles. The standard InChI is InChI=1S/C29H42IN7O7S/c30-19-8-5-7-18(15-19)26(40)34-17-24(38)35-21(29(43)44)10-2-4-13-37-25(39)16-22(28(37)42)45-14-6-11-23(33)36-27(41)20(32)9-1-3-12-31/h5,7-8,15,20-22H,1-4,6,9-14,16-17,31-32H2,(H,34,40)(H,35,38)(H,43,44)(H2,33,36,41)/t20-,21-,22?/m0/s1. The number of carbonyl (C=O) groups is 6. The summed E-state index contributed by atoms with van der Waals surface area (Å²) in [5.41, 5.74) is 11.7. The first kappa shape index (κ1) is 38.1. The number of rotatable bonds is 20. The number of likely N-dealkylation sites (tertiary alicyclic amines) is 1. The zero-order valence-electron chi connectivity index (χ0n) is 25.0. The lowest BCUT2D eigenvalue weighted by molar-refractivity contribution is -0.142. The molecule has 2 rings (SSSR count). The number of nitrogens with one attached hydrogen (secondary N) is 4. The van der Waals surface area contributed by atoms with Crippen molar-refractivity contribution in [1.29, 1.82) is 5.41 Å². The Hall–Kier alpha value is -3.09. The predicted octanol–water partition coefficient (Wildman–Crippen LogP) is 0.951. The van der Waals surface area contributed by atoms with Crippen LogP contribution in [0.4, 0.5) is 0 Å². The van der Waals surface area contributed by atoms with Crippen molar-refractivity contribution in [2.24, 2.45) is 11.5 Å². The molecule has 5 amide bonds. The van der Waals surface area contributed by atoms with Crippen LogP contribution >= 0.6 is 34.4 Å². The number of nitrogens with two attached hydrogens (primary N) is 2. The molecule has 9 N–H and O–H groups in total. The summed E-state index contributed by atoms with van der Waals surface area (Å²) in [7, 11) is 0. The minimum atomic E-state index is -1.23. The van der Waals surface area contributed by atoms with Crippen molar-refractivity contribution in [3.63, 3.8) is 0 Å². The summed E-state index contributed by atoms with van der Waals surface area (Å²) in [6.07, 6.45) is 3.69. The van der Waals surface area contributed by atoms with Crippen LogP contribution in [0.25, 0.3) is 0 Å². The van der Waals surface area contributed by atoms with Gasteiger partial charge in [0.2, 0.25) is 23.6 Å². The normalized spacial score (nSPS) is 15.8. The molecule has 1 saturated heterocycles. The second-order valence-electron chi connectivity index (χ2n) is 10.6. The van der Waals surface area contributed by atoms with Crippen molar-refractivity contribution in [3.05, 3.63) is 33.4 Å². The van der Waals surface area contributed by atoms with Crippen molar-refractivity contribution in [3.8, 4) is 0 Å². The van der Waals surface area contributed by atoms with E-state index in [9.17, 15) is 33.9 Å². The van der Waals surface area contributed by atoms with Crippen LogP contribution in [0.2, 0.25) is 0 Å². The number of imide groups is 1. The van der Waals surface area contributed by atoms with Crippen LogP contribution < -0.4 is 27.4 Å². The summed E-state index contributed by atoms with van der Waals surface area (Å²) >= 11 is 3.39. The maximum absolute atomic E-state index is 12.8. The van der Waals surface area contributed by atoms with Gasteiger partial charge in [-0.2, -0.15) is 0 Å². The van der Waals surface area contributed by atoms with E-state index < -0.39 is 41.0 Å². The molecule has 1 fully saturated rings. The minimum absolute atomic E-state index is 0.0490. The van der Waals surface area contributed by atoms with Gasteiger partial charge in [-0.3, -0.25) is 34.3 Å². The van der Waals surface area contributed by atoms with Gasteiger partial charge in [0.1, 0.15) is 6.04 Å². The molecule has 0 radical (unpaired) electrons. The number of carbonyl (C=O) groups excluding carboxylic acids is 5. The molecule has 0 aromatic heterocycles. The van der Waals surface area contributed by atoms with Crippen LogP contribution in [0.1, 0.15) is 68.1 Å². The van der Waals surface area contributed by atoms with Gasteiger partial charge < -0.3 is 32.5 Å². The highest BCUT2D eigenvalue weighted by Gasteiger charge is 2.38. The van der Waals surface area contributed by atoms with Crippen molar-refractivity contribution in [1.82, 2.24) is 20.9 Å². The Morgan fingerprint density at radius 1 is 1.11 bits per heavy atom. The van der Waals surface area contributed by atoms with Crippen LogP contribution in [0.15, 0.2) is 24.3 Å². The molecule has 3 atom stereocenters. The fraction of sp³-hybridized carbons (Fsp3) is 0.552. The summed E-state index contributed by atoms with van der Waals surface area (Å²) < 4.78 is 0.856. The molecule has 14 nitrogen and oxygen atoms in total. The Bertz CT molecular complexity index is 1240. The number of amides is 5. The molecular formula is C29H42IN7O7S. The van der Waals surface area contributed by atoms with E-state index in [-0.39, 0.29) is 43.6 Å². The number of aliphatic carboxylic acids is 1. The van der Waals surface area contributed by atoms with E-state index in [1.807, 2.05) is 6.07 Å². The van der Waals surface area contributed by atoms with Gasteiger partial charge in [0.25, 0.3) is 5.91 Å². The topological polar surface area (TPSA) is 238 Å². The largest absolute Gasteiger partial charge is 0.480 e. The van der Waals surface area contributed by atoms with E-state index in [2.05, 4.69) is 38.5 Å². The van der Waals surface area contributed by atoms with Gasteiger partial charge in [0.05, 0.1) is 23.7 Å². The highest BCUT2D eigenvalue weighted by Crippen LogP contribution is 2.26. The number of unbranched alkanes of at least 4 members (excludes halogenated alkanes) is 2. The second kappa shape index (κ2) is 20.1. The lowest BCUT2D eigenvalue weighted by atomic mass is 10.1. The quantitative estimate of drug-likeness (QED) is 0.0327. The number of hydrogen-bond donors (Lipinski definition) is 7. The molecule has 16 heteroatoms. The summed E-state index contributed by atoms with van der Waals surface area (Å²) in [6, 6.07) is 4.91. The van der Waals surface area contributed by atoms with E-state index in [4.69, 9.17) is 16.9 Å².